The molecule has 0 saturated heterocycles. The Morgan fingerprint density at radius 1 is 0.839 bits per heavy atom. The van der Waals surface area contributed by atoms with Crippen molar-refractivity contribution in [3.63, 3.8) is 0 Å². The van der Waals surface area contributed by atoms with Gasteiger partial charge in [0.15, 0.2) is 11.6 Å². The molecule has 3 aliphatic rings. The zero-order chi connectivity index (χ0) is 21.4. The minimum atomic E-state index is -0.313. The second-order valence-corrected chi connectivity index (χ2v) is 8.35. The van der Waals surface area contributed by atoms with Crippen molar-refractivity contribution in [3.05, 3.63) is 88.0 Å². The number of Topliss-reactive ketones (excluding diaryl/α,β-unsaturated/α-hetero) is 2. The van der Waals surface area contributed by atoms with Crippen LogP contribution in [0, 0.1) is 5.82 Å². The molecule has 1 heterocycles. The highest BCUT2D eigenvalue weighted by Gasteiger charge is 2.40. The zero-order valence-corrected chi connectivity index (χ0v) is 17.2. The highest BCUT2D eigenvalue weighted by Crippen LogP contribution is 2.45. The lowest BCUT2D eigenvalue weighted by atomic mass is 9.71. The van der Waals surface area contributed by atoms with E-state index >= 15 is 0 Å². The number of dihydropyridines is 1. The Kier molecular flexibility index (Phi) is 5.18. The van der Waals surface area contributed by atoms with Gasteiger partial charge >= 0.3 is 0 Å². The van der Waals surface area contributed by atoms with Gasteiger partial charge in [0, 0.05) is 46.9 Å². The molecule has 0 amide bonds. The van der Waals surface area contributed by atoms with Gasteiger partial charge in [0.05, 0.1) is 0 Å². The minimum Gasteiger partial charge on any atom is -0.489 e. The predicted octanol–water partition coefficient (Wildman–Crippen LogP) is 5.11. The normalized spacial score (nSPS) is 19.1. The van der Waals surface area contributed by atoms with Crippen LogP contribution in [0.3, 0.4) is 0 Å². The van der Waals surface area contributed by atoms with E-state index in [0.29, 0.717) is 24.2 Å². The predicted molar refractivity (Wildman–Crippen MR) is 115 cm³/mol. The van der Waals surface area contributed by atoms with E-state index in [9.17, 15) is 14.0 Å². The van der Waals surface area contributed by atoms with Gasteiger partial charge in [0.1, 0.15) is 18.2 Å². The molecule has 0 saturated carbocycles. The molecule has 31 heavy (non-hydrogen) atoms. The van der Waals surface area contributed by atoms with Crippen molar-refractivity contribution in [2.75, 3.05) is 0 Å². The molecule has 0 fully saturated rings. The van der Waals surface area contributed by atoms with Gasteiger partial charge in [0.2, 0.25) is 0 Å². The van der Waals surface area contributed by atoms with Crippen molar-refractivity contribution in [3.8, 4) is 5.75 Å². The first-order valence-electron chi connectivity index (χ1n) is 10.9. The molecular formula is C26H24FNO3. The van der Waals surface area contributed by atoms with Gasteiger partial charge in [-0.25, -0.2) is 4.39 Å². The molecule has 158 valence electrons. The van der Waals surface area contributed by atoms with Crippen molar-refractivity contribution < 1.29 is 18.7 Å². The number of carbonyl (C=O) groups excluding carboxylic acids is 2. The number of ketones is 2. The van der Waals surface area contributed by atoms with E-state index in [4.69, 9.17) is 4.74 Å². The van der Waals surface area contributed by atoms with Crippen LogP contribution in [0.1, 0.15) is 55.6 Å². The highest BCUT2D eigenvalue weighted by atomic mass is 19.1. The van der Waals surface area contributed by atoms with E-state index in [1.165, 1.54) is 6.07 Å². The van der Waals surface area contributed by atoms with E-state index in [1.807, 2.05) is 24.3 Å². The summed E-state index contributed by atoms with van der Waals surface area (Å²) in [5.74, 6) is 0.272. The molecule has 0 bridgehead atoms. The van der Waals surface area contributed by atoms with E-state index in [1.54, 1.807) is 18.2 Å². The maximum absolute atomic E-state index is 13.8. The number of hydrogen-bond acceptors (Lipinski definition) is 4. The summed E-state index contributed by atoms with van der Waals surface area (Å²) >= 11 is 0. The lowest BCUT2D eigenvalue weighted by Crippen LogP contribution is -2.36. The maximum Gasteiger partial charge on any atom is 0.161 e. The molecule has 0 atom stereocenters. The van der Waals surface area contributed by atoms with Crippen LogP contribution in [-0.4, -0.2) is 11.6 Å². The van der Waals surface area contributed by atoms with Crippen molar-refractivity contribution in [2.24, 2.45) is 0 Å². The fraction of sp³-hybridized carbons (Fsp3) is 0.308. The fourth-order valence-corrected chi connectivity index (χ4v) is 4.85. The van der Waals surface area contributed by atoms with Crippen molar-refractivity contribution >= 4 is 11.6 Å². The Balaban J connectivity index is 1.45. The quantitative estimate of drug-likeness (QED) is 0.752. The summed E-state index contributed by atoms with van der Waals surface area (Å²) in [6, 6.07) is 14.1. The largest absolute Gasteiger partial charge is 0.489 e. The van der Waals surface area contributed by atoms with Gasteiger partial charge in [-0.2, -0.15) is 0 Å². The second-order valence-electron chi connectivity index (χ2n) is 8.35. The van der Waals surface area contributed by atoms with E-state index in [2.05, 4.69) is 5.32 Å². The third kappa shape index (κ3) is 3.69. The number of allylic oxidation sites excluding steroid dienone is 4. The van der Waals surface area contributed by atoms with Crippen molar-refractivity contribution in [1.29, 1.82) is 0 Å². The van der Waals surface area contributed by atoms with Gasteiger partial charge in [-0.1, -0.05) is 30.3 Å². The second kappa shape index (κ2) is 8.14. The Hall–Kier alpha value is -3.21. The average molecular weight is 417 g/mol. The topological polar surface area (TPSA) is 55.4 Å². The summed E-state index contributed by atoms with van der Waals surface area (Å²) in [7, 11) is 0. The highest BCUT2D eigenvalue weighted by molar-refractivity contribution is 6.06. The molecule has 0 spiro atoms. The van der Waals surface area contributed by atoms with Crippen LogP contribution in [0.2, 0.25) is 0 Å². The van der Waals surface area contributed by atoms with Gasteiger partial charge in [-0.05, 0) is 49.4 Å². The lowest BCUT2D eigenvalue weighted by molar-refractivity contribution is -0.116. The molecule has 2 aromatic carbocycles. The summed E-state index contributed by atoms with van der Waals surface area (Å²) in [5.41, 5.74) is 4.88. The van der Waals surface area contributed by atoms with E-state index in [0.717, 1.165) is 53.8 Å². The molecule has 0 unspecified atom stereocenters. The summed E-state index contributed by atoms with van der Waals surface area (Å²) in [6.45, 7) is 0.140. The van der Waals surface area contributed by atoms with Crippen LogP contribution < -0.4 is 10.1 Å². The number of ether oxygens (including phenoxy) is 1. The first kappa shape index (κ1) is 19.7. The van der Waals surface area contributed by atoms with Crippen LogP contribution in [0.15, 0.2) is 71.1 Å². The monoisotopic (exact) mass is 417 g/mol. The Morgan fingerprint density at radius 3 is 2.06 bits per heavy atom. The number of carbonyl (C=O) groups is 2. The van der Waals surface area contributed by atoms with Crippen molar-refractivity contribution in [2.45, 2.75) is 51.0 Å². The van der Waals surface area contributed by atoms with Crippen molar-refractivity contribution in [1.82, 2.24) is 5.32 Å². The molecule has 4 nitrogen and oxygen atoms in total. The third-order valence-corrected chi connectivity index (χ3v) is 6.36. The third-order valence-electron chi connectivity index (χ3n) is 6.36. The van der Waals surface area contributed by atoms with Crippen LogP contribution in [0.5, 0.6) is 5.75 Å². The Bertz CT molecular complexity index is 1070. The van der Waals surface area contributed by atoms with Crippen LogP contribution in [-0.2, 0) is 16.2 Å². The summed E-state index contributed by atoms with van der Waals surface area (Å²) in [4.78, 5) is 25.7. The van der Waals surface area contributed by atoms with Gasteiger partial charge in [-0.15, -0.1) is 0 Å². The van der Waals surface area contributed by atoms with E-state index in [-0.39, 0.29) is 29.9 Å². The number of halogens is 1. The fourth-order valence-electron chi connectivity index (χ4n) is 4.85. The number of nitrogens with one attached hydrogen (secondary N) is 1. The summed E-state index contributed by atoms with van der Waals surface area (Å²) in [5, 5.41) is 3.43. The zero-order valence-electron chi connectivity index (χ0n) is 17.2. The van der Waals surface area contributed by atoms with Gasteiger partial charge in [0.25, 0.3) is 0 Å². The maximum atomic E-state index is 13.8. The molecule has 0 aromatic heterocycles. The standard InChI is InChI=1S/C26H24FNO3/c27-19-6-2-1-5-17(19)15-31-18-13-11-16(12-14-18)24-25-20(7-3-9-22(25)29)28-21-8-4-10-23(30)26(21)24/h1-2,5-6,11-14,24,28H,3-4,7-10,15H2. The molecule has 5 rings (SSSR count). The molecule has 1 N–H and O–H groups in total. The van der Waals surface area contributed by atoms with Gasteiger partial charge in [-0.3, -0.25) is 9.59 Å². The smallest absolute Gasteiger partial charge is 0.161 e. The first-order valence-corrected chi connectivity index (χ1v) is 10.9. The molecule has 1 aliphatic heterocycles. The molecule has 5 heteroatoms. The summed E-state index contributed by atoms with van der Waals surface area (Å²) < 4.78 is 19.6. The average Bonchev–Trinajstić information content (AvgIpc) is 2.78. The number of rotatable bonds is 4. The van der Waals surface area contributed by atoms with Crippen LogP contribution >= 0.6 is 0 Å². The van der Waals surface area contributed by atoms with Crippen LogP contribution in [0.4, 0.5) is 4.39 Å². The van der Waals surface area contributed by atoms with Gasteiger partial charge < -0.3 is 10.1 Å². The molecule has 2 aromatic rings. The van der Waals surface area contributed by atoms with E-state index < -0.39 is 0 Å². The SMILES string of the molecule is O=C1CCCC2=C1C(c1ccc(OCc3ccccc3F)cc1)C1=C(CCCC1=O)N2. The Labute approximate surface area is 180 Å². The summed E-state index contributed by atoms with van der Waals surface area (Å²) in [6.07, 6.45) is 4.42. The van der Waals surface area contributed by atoms with Crippen LogP contribution in [0.25, 0.3) is 0 Å². The molecular weight excluding hydrogens is 393 g/mol. The lowest BCUT2D eigenvalue weighted by Gasteiger charge is -2.37. The number of hydrogen-bond donors (Lipinski definition) is 1. The Morgan fingerprint density at radius 2 is 1.45 bits per heavy atom. The first-order chi connectivity index (χ1) is 15.1. The number of benzene rings is 2. The molecule has 2 aliphatic carbocycles. The minimum absolute atomic E-state index is 0.128. The molecule has 0 radical (unpaired) electrons.